The average Bonchev–Trinajstić information content (AvgIpc) is 2.36. The van der Waals surface area contributed by atoms with Gasteiger partial charge in [-0.3, -0.25) is 4.72 Å². The zero-order valence-electron chi connectivity index (χ0n) is 10.7. The van der Waals surface area contributed by atoms with E-state index in [2.05, 4.69) is 20.7 Å². The second-order valence-corrected chi connectivity index (χ2v) is 7.00. The van der Waals surface area contributed by atoms with E-state index < -0.39 is 15.8 Å². The lowest BCUT2D eigenvalue weighted by Crippen LogP contribution is -2.16. The summed E-state index contributed by atoms with van der Waals surface area (Å²) in [5.74, 6) is -0.545. The van der Waals surface area contributed by atoms with Crippen LogP contribution in [0.5, 0.6) is 0 Å². The topological polar surface area (TPSA) is 46.2 Å². The molecule has 0 atom stereocenters. The molecule has 0 bridgehead atoms. The molecular weight excluding hydrogens is 345 g/mol. The lowest BCUT2D eigenvalue weighted by atomic mass is 10.2. The van der Waals surface area contributed by atoms with E-state index in [0.29, 0.717) is 16.8 Å². The minimum Gasteiger partial charge on any atom is -0.283 e. The van der Waals surface area contributed by atoms with Gasteiger partial charge in [0.1, 0.15) is 5.82 Å². The smallest absolute Gasteiger partial charge is 0.236 e. The Balaban J connectivity index is 2.23. The van der Waals surface area contributed by atoms with Crippen LogP contribution in [0.15, 0.2) is 46.9 Å². The van der Waals surface area contributed by atoms with Crippen LogP contribution < -0.4 is 4.72 Å². The summed E-state index contributed by atoms with van der Waals surface area (Å²) < 4.78 is 40.2. The predicted molar refractivity (Wildman–Crippen MR) is 81.5 cm³/mol. The van der Waals surface area contributed by atoms with Gasteiger partial charge in [0.05, 0.1) is 15.9 Å². The fourth-order valence-electron chi connectivity index (χ4n) is 1.75. The lowest BCUT2D eigenvalue weighted by molar-refractivity contribution is 0.600. The van der Waals surface area contributed by atoms with Crippen molar-refractivity contribution in [2.24, 2.45) is 0 Å². The molecular formula is C14H13BrFNO2S. The molecule has 0 unspecified atom stereocenters. The van der Waals surface area contributed by atoms with Crippen LogP contribution in [0.4, 0.5) is 10.1 Å². The Hall–Kier alpha value is -1.40. The maximum Gasteiger partial charge on any atom is 0.236 e. The van der Waals surface area contributed by atoms with Gasteiger partial charge in [0.2, 0.25) is 10.0 Å². The Labute approximate surface area is 126 Å². The maximum absolute atomic E-state index is 13.3. The first-order valence-electron chi connectivity index (χ1n) is 5.87. The molecule has 6 heteroatoms. The second-order valence-electron chi connectivity index (χ2n) is 4.43. The first-order valence-corrected chi connectivity index (χ1v) is 8.32. The van der Waals surface area contributed by atoms with Gasteiger partial charge in [0.15, 0.2) is 0 Å². The van der Waals surface area contributed by atoms with Gasteiger partial charge in [0.25, 0.3) is 0 Å². The summed E-state index contributed by atoms with van der Waals surface area (Å²) in [4.78, 5) is 0. The monoisotopic (exact) mass is 357 g/mol. The standard InChI is InChI=1S/C14H13BrFNO2S/c1-10-7-13(16)12(15)8-14(10)17-20(18,19)9-11-5-3-2-4-6-11/h2-8,17H,9H2,1H3. The fourth-order valence-corrected chi connectivity index (χ4v) is 3.36. The molecule has 0 radical (unpaired) electrons. The summed E-state index contributed by atoms with van der Waals surface area (Å²) in [6.07, 6.45) is 0. The number of rotatable bonds is 4. The van der Waals surface area contributed by atoms with Crippen LogP contribution in [-0.2, 0) is 15.8 Å². The number of aryl methyl sites for hydroxylation is 1. The number of anilines is 1. The summed E-state index contributed by atoms with van der Waals surface area (Å²) >= 11 is 3.04. The van der Waals surface area contributed by atoms with Gasteiger partial charge >= 0.3 is 0 Å². The quantitative estimate of drug-likeness (QED) is 0.903. The summed E-state index contributed by atoms with van der Waals surface area (Å²) in [6, 6.07) is 11.6. The molecule has 0 heterocycles. The van der Waals surface area contributed by atoms with Crippen molar-refractivity contribution in [3.8, 4) is 0 Å². The first kappa shape index (κ1) is 15.0. The summed E-state index contributed by atoms with van der Waals surface area (Å²) in [5.41, 5.74) is 1.59. The van der Waals surface area contributed by atoms with E-state index in [1.807, 2.05) is 6.07 Å². The first-order chi connectivity index (χ1) is 9.37. The number of hydrogen-bond acceptors (Lipinski definition) is 2. The third-order valence-electron chi connectivity index (χ3n) is 2.73. The van der Waals surface area contributed by atoms with Crippen LogP contribution in [0, 0.1) is 12.7 Å². The predicted octanol–water partition coefficient (Wildman–Crippen LogP) is 3.84. The van der Waals surface area contributed by atoms with E-state index in [9.17, 15) is 12.8 Å². The molecule has 106 valence electrons. The Bertz CT molecular complexity index is 717. The fraction of sp³-hybridized carbons (Fsp3) is 0.143. The number of halogens is 2. The molecule has 1 N–H and O–H groups in total. The zero-order chi connectivity index (χ0) is 14.8. The van der Waals surface area contributed by atoms with E-state index in [1.165, 1.54) is 12.1 Å². The van der Waals surface area contributed by atoms with E-state index in [4.69, 9.17) is 0 Å². The van der Waals surface area contributed by atoms with E-state index in [0.717, 1.165) is 0 Å². The van der Waals surface area contributed by atoms with Gasteiger partial charge in [0, 0.05) is 0 Å². The second kappa shape index (κ2) is 5.93. The third kappa shape index (κ3) is 3.80. The molecule has 3 nitrogen and oxygen atoms in total. The largest absolute Gasteiger partial charge is 0.283 e. The van der Waals surface area contributed by atoms with Gasteiger partial charge in [-0.15, -0.1) is 0 Å². The molecule has 20 heavy (non-hydrogen) atoms. The molecule has 2 aromatic carbocycles. The van der Waals surface area contributed by atoms with Crippen LogP contribution in [0.1, 0.15) is 11.1 Å². The van der Waals surface area contributed by atoms with Crippen molar-refractivity contribution in [3.63, 3.8) is 0 Å². The molecule has 0 aliphatic carbocycles. The molecule has 0 amide bonds. The minimum atomic E-state index is -3.53. The molecule has 0 fully saturated rings. The molecule has 2 aromatic rings. The Morgan fingerprint density at radius 1 is 1.20 bits per heavy atom. The van der Waals surface area contributed by atoms with Crippen molar-refractivity contribution in [1.29, 1.82) is 0 Å². The van der Waals surface area contributed by atoms with Crippen molar-refractivity contribution < 1.29 is 12.8 Å². The summed E-state index contributed by atoms with van der Waals surface area (Å²) in [5, 5.41) is 0. The highest BCUT2D eigenvalue weighted by molar-refractivity contribution is 9.10. The van der Waals surface area contributed by atoms with Crippen molar-refractivity contribution >= 4 is 31.6 Å². The van der Waals surface area contributed by atoms with Crippen LogP contribution in [0.25, 0.3) is 0 Å². The lowest BCUT2D eigenvalue weighted by Gasteiger charge is -2.11. The van der Waals surface area contributed by atoms with Crippen molar-refractivity contribution in [2.75, 3.05) is 4.72 Å². The molecule has 0 saturated heterocycles. The van der Waals surface area contributed by atoms with E-state index in [-0.39, 0.29) is 10.2 Å². The van der Waals surface area contributed by atoms with Crippen molar-refractivity contribution in [2.45, 2.75) is 12.7 Å². The maximum atomic E-state index is 13.3. The van der Waals surface area contributed by atoms with Gasteiger partial charge in [-0.2, -0.15) is 0 Å². The van der Waals surface area contributed by atoms with Gasteiger partial charge in [-0.05, 0) is 46.1 Å². The Morgan fingerprint density at radius 2 is 1.85 bits per heavy atom. The van der Waals surface area contributed by atoms with E-state index in [1.54, 1.807) is 31.2 Å². The molecule has 0 saturated carbocycles. The SMILES string of the molecule is Cc1cc(F)c(Br)cc1NS(=O)(=O)Cc1ccccc1. The molecule has 0 aliphatic rings. The summed E-state index contributed by atoms with van der Waals surface area (Å²) in [7, 11) is -3.53. The van der Waals surface area contributed by atoms with Crippen molar-refractivity contribution in [1.82, 2.24) is 0 Å². The van der Waals surface area contributed by atoms with Crippen LogP contribution in [-0.4, -0.2) is 8.42 Å². The number of nitrogens with one attached hydrogen (secondary N) is 1. The van der Waals surface area contributed by atoms with Gasteiger partial charge in [-0.1, -0.05) is 30.3 Å². The Morgan fingerprint density at radius 3 is 2.50 bits per heavy atom. The van der Waals surface area contributed by atoms with E-state index >= 15 is 0 Å². The molecule has 0 aromatic heterocycles. The van der Waals surface area contributed by atoms with Crippen molar-refractivity contribution in [3.05, 3.63) is 63.9 Å². The highest BCUT2D eigenvalue weighted by atomic mass is 79.9. The number of benzene rings is 2. The average molecular weight is 358 g/mol. The van der Waals surface area contributed by atoms with Gasteiger partial charge < -0.3 is 0 Å². The van der Waals surface area contributed by atoms with Crippen LogP contribution in [0.3, 0.4) is 0 Å². The molecule has 0 aliphatic heterocycles. The van der Waals surface area contributed by atoms with Gasteiger partial charge in [-0.25, -0.2) is 12.8 Å². The highest BCUT2D eigenvalue weighted by Gasteiger charge is 2.14. The Kier molecular flexibility index (Phi) is 4.45. The summed E-state index contributed by atoms with van der Waals surface area (Å²) in [6.45, 7) is 1.65. The highest BCUT2D eigenvalue weighted by Crippen LogP contribution is 2.25. The zero-order valence-corrected chi connectivity index (χ0v) is 13.1. The van der Waals surface area contributed by atoms with Crippen LogP contribution in [0.2, 0.25) is 0 Å². The number of sulfonamides is 1. The minimum absolute atomic E-state index is 0.123. The normalized spacial score (nSPS) is 11.3. The number of hydrogen-bond donors (Lipinski definition) is 1. The van der Waals surface area contributed by atoms with Crippen LogP contribution >= 0.6 is 15.9 Å². The molecule has 0 spiro atoms. The molecule has 2 rings (SSSR count). The third-order valence-corrected chi connectivity index (χ3v) is 4.58.